The number of hydrogen-bond donors (Lipinski definition) is 0. The van der Waals surface area contributed by atoms with Crippen molar-refractivity contribution in [3.63, 3.8) is 0 Å². The highest BCUT2D eigenvalue weighted by molar-refractivity contribution is 5.87. The van der Waals surface area contributed by atoms with Crippen LogP contribution < -0.4 is 19.8 Å². The van der Waals surface area contributed by atoms with Crippen LogP contribution in [0, 0.1) is 0 Å². The van der Waals surface area contributed by atoms with Gasteiger partial charge in [-0.05, 0) is 18.2 Å². The maximum absolute atomic E-state index is 13.5. The van der Waals surface area contributed by atoms with Gasteiger partial charge in [-0.25, -0.2) is 19.3 Å². The Morgan fingerprint density at radius 2 is 1.83 bits per heavy atom. The molecule has 9 nitrogen and oxygen atoms in total. The molecule has 0 saturated heterocycles. The minimum Gasteiger partial charge on any atom is -0.497 e. The summed E-state index contributed by atoms with van der Waals surface area (Å²) in [5.41, 5.74) is 1.86. The highest BCUT2D eigenvalue weighted by atomic mass is 16.5. The maximum atomic E-state index is 13.5. The van der Waals surface area contributed by atoms with Crippen LogP contribution in [-0.2, 0) is 5.41 Å². The van der Waals surface area contributed by atoms with E-state index in [0.29, 0.717) is 56.7 Å². The molecule has 2 aromatic carbocycles. The van der Waals surface area contributed by atoms with E-state index in [1.165, 1.54) is 0 Å². The van der Waals surface area contributed by atoms with Gasteiger partial charge in [0.2, 0.25) is 5.88 Å². The molecule has 0 saturated carbocycles. The lowest BCUT2D eigenvalue weighted by Gasteiger charge is -2.28. The lowest BCUT2D eigenvalue weighted by Crippen LogP contribution is -2.22. The third-order valence-electron chi connectivity index (χ3n) is 6.38. The number of rotatable bonds is 3. The number of nitrogens with zero attached hydrogens (tertiary/aromatic N) is 4. The molecule has 0 spiro atoms. The van der Waals surface area contributed by atoms with Crippen molar-refractivity contribution in [2.24, 2.45) is 0 Å². The summed E-state index contributed by atoms with van der Waals surface area (Å²) in [6.07, 6.45) is 1.58. The predicted molar refractivity (Wildman–Crippen MR) is 133 cm³/mol. The average Bonchev–Trinajstić information content (AvgIpc) is 3.33. The molecule has 4 heterocycles. The summed E-state index contributed by atoms with van der Waals surface area (Å²) in [6.45, 7) is 6.12. The summed E-state index contributed by atoms with van der Waals surface area (Å²) in [7, 11) is 3.17. The van der Waals surface area contributed by atoms with E-state index in [4.69, 9.17) is 23.6 Å². The van der Waals surface area contributed by atoms with E-state index in [-0.39, 0.29) is 5.41 Å². The second-order valence-corrected chi connectivity index (χ2v) is 9.69. The van der Waals surface area contributed by atoms with Crippen molar-refractivity contribution in [2.75, 3.05) is 14.2 Å². The van der Waals surface area contributed by atoms with Crippen LogP contribution in [0.1, 0.15) is 49.2 Å². The van der Waals surface area contributed by atoms with Crippen LogP contribution in [0.15, 0.2) is 58.0 Å². The first-order valence-corrected chi connectivity index (χ1v) is 11.5. The van der Waals surface area contributed by atoms with Crippen LogP contribution >= 0.6 is 0 Å². The van der Waals surface area contributed by atoms with Crippen molar-refractivity contribution < 1.29 is 18.6 Å². The van der Waals surface area contributed by atoms with Gasteiger partial charge in [-0.2, -0.15) is 0 Å². The number of fused-ring (bicyclic) bond motifs is 6. The van der Waals surface area contributed by atoms with Crippen LogP contribution in [-0.4, -0.2) is 33.8 Å². The van der Waals surface area contributed by atoms with Crippen molar-refractivity contribution in [3.05, 3.63) is 81.7 Å². The van der Waals surface area contributed by atoms with Gasteiger partial charge in [0.25, 0.3) is 0 Å². The number of benzene rings is 2. The van der Waals surface area contributed by atoms with E-state index < -0.39 is 11.5 Å². The smallest absolute Gasteiger partial charge is 0.344 e. The molecule has 1 atom stereocenters. The first-order valence-electron chi connectivity index (χ1n) is 11.5. The minimum atomic E-state index is -0.640. The summed E-state index contributed by atoms with van der Waals surface area (Å²) < 4.78 is 24.9. The molecule has 3 aromatic heterocycles. The molecule has 0 amide bonds. The molecule has 182 valence electrons. The Morgan fingerprint density at radius 1 is 1.03 bits per heavy atom. The number of para-hydroxylation sites is 1. The van der Waals surface area contributed by atoms with E-state index in [1.54, 1.807) is 37.2 Å². The normalized spacial score (nSPS) is 14.9. The molecule has 36 heavy (non-hydrogen) atoms. The standard InChI is InChI=1S/C27H24N4O5/c1-27(2,3)26-29-23-21-19(15-11-10-14(33-4)12-18(15)34-5)20-22(36-24(21)28-13-31(23)30-26)16-8-6-7-9-17(16)35-25(20)32/h6-13,19H,1-5H3. The molecule has 9 heteroatoms. The van der Waals surface area contributed by atoms with E-state index in [2.05, 4.69) is 10.1 Å². The minimum absolute atomic E-state index is 0.297. The zero-order chi connectivity index (χ0) is 25.2. The van der Waals surface area contributed by atoms with Gasteiger partial charge < -0.3 is 18.6 Å². The van der Waals surface area contributed by atoms with E-state index >= 15 is 0 Å². The van der Waals surface area contributed by atoms with E-state index in [9.17, 15) is 4.79 Å². The van der Waals surface area contributed by atoms with Crippen LogP contribution in [0.5, 0.6) is 23.1 Å². The van der Waals surface area contributed by atoms with Crippen molar-refractivity contribution in [3.8, 4) is 23.1 Å². The first kappa shape index (κ1) is 22.1. The Kier molecular flexibility index (Phi) is 4.79. The quantitative estimate of drug-likeness (QED) is 0.329. The number of aromatic nitrogens is 4. The summed E-state index contributed by atoms with van der Waals surface area (Å²) in [4.78, 5) is 23.0. The molecule has 5 aromatic rings. The molecule has 6 rings (SSSR count). The lowest BCUT2D eigenvalue weighted by atomic mass is 9.83. The van der Waals surface area contributed by atoms with Crippen LogP contribution in [0.4, 0.5) is 0 Å². The SMILES string of the molecule is COc1ccc(C2c3c(c4ccccc4oc3=O)Oc3ncn4nc(C(C)(C)C)nc4c32)c(OC)c1. The molecular weight excluding hydrogens is 460 g/mol. The molecule has 0 radical (unpaired) electrons. The summed E-state index contributed by atoms with van der Waals surface area (Å²) in [5, 5.41) is 5.33. The van der Waals surface area contributed by atoms with Crippen LogP contribution in [0.25, 0.3) is 16.6 Å². The third-order valence-corrected chi connectivity index (χ3v) is 6.38. The number of methoxy groups -OCH3 is 2. The van der Waals surface area contributed by atoms with Crippen LogP contribution in [0.2, 0.25) is 0 Å². The van der Waals surface area contributed by atoms with Crippen molar-refractivity contribution in [1.29, 1.82) is 0 Å². The molecule has 1 unspecified atom stereocenters. The van der Waals surface area contributed by atoms with Gasteiger partial charge in [-0.15, -0.1) is 5.10 Å². The molecular formula is C27H24N4O5. The molecule has 0 N–H and O–H groups in total. The van der Waals surface area contributed by atoms with Crippen molar-refractivity contribution in [2.45, 2.75) is 32.1 Å². The number of hydrogen-bond acceptors (Lipinski definition) is 8. The topological polar surface area (TPSA) is 101 Å². The average molecular weight is 485 g/mol. The fourth-order valence-corrected chi connectivity index (χ4v) is 4.62. The van der Waals surface area contributed by atoms with Gasteiger partial charge in [0.15, 0.2) is 17.2 Å². The Labute approximate surface area is 206 Å². The lowest BCUT2D eigenvalue weighted by molar-refractivity contribution is 0.387. The Balaban J connectivity index is 1.74. The number of ether oxygens (including phenoxy) is 3. The molecule has 1 aliphatic rings. The van der Waals surface area contributed by atoms with E-state index in [0.717, 1.165) is 5.56 Å². The maximum Gasteiger partial charge on any atom is 0.344 e. The van der Waals surface area contributed by atoms with Gasteiger partial charge in [0.1, 0.15) is 23.4 Å². The molecule has 1 aliphatic heterocycles. The second kappa shape index (κ2) is 7.81. The molecule has 0 aliphatic carbocycles. The van der Waals surface area contributed by atoms with Gasteiger partial charge in [-0.1, -0.05) is 39.0 Å². The predicted octanol–water partition coefficient (Wildman–Crippen LogP) is 4.83. The second-order valence-electron chi connectivity index (χ2n) is 9.69. The fourth-order valence-electron chi connectivity index (χ4n) is 4.62. The fraction of sp³-hybridized carbons (Fsp3) is 0.259. The molecule has 0 fully saturated rings. The third kappa shape index (κ3) is 3.23. The van der Waals surface area contributed by atoms with E-state index in [1.807, 2.05) is 51.1 Å². The Morgan fingerprint density at radius 3 is 2.58 bits per heavy atom. The molecule has 0 bridgehead atoms. The van der Waals surface area contributed by atoms with Gasteiger partial charge in [-0.3, -0.25) is 0 Å². The zero-order valence-corrected chi connectivity index (χ0v) is 20.5. The highest BCUT2D eigenvalue weighted by Crippen LogP contribution is 2.50. The largest absolute Gasteiger partial charge is 0.497 e. The van der Waals surface area contributed by atoms with Crippen LogP contribution in [0.3, 0.4) is 0 Å². The van der Waals surface area contributed by atoms with Gasteiger partial charge in [0, 0.05) is 17.0 Å². The summed E-state index contributed by atoms with van der Waals surface area (Å²) in [6, 6.07) is 12.8. The van der Waals surface area contributed by atoms with Crippen molar-refractivity contribution in [1.82, 2.24) is 19.6 Å². The Bertz CT molecular complexity index is 1710. The first-order chi connectivity index (χ1) is 17.3. The zero-order valence-electron chi connectivity index (χ0n) is 20.5. The highest BCUT2D eigenvalue weighted by Gasteiger charge is 2.39. The van der Waals surface area contributed by atoms with Crippen molar-refractivity contribution >= 4 is 16.6 Å². The summed E-state index contributed by atoms with van der Waals surface area (Å²) >= 11 is 0. The summed E-state index contributed by atoms with van der Waals surface area (Å²) in [5.74, 6) is 1.94. The van der Waals surface area contributed by atoms with Gasteiger partial charge >= 0.3 is 5.63 Å². The van der Waals surface area contributed by atoms with Gasteiger partial charge in [0.05, 0.1) is 36.7 Å². The Hall–Kier alpha value is -4.40. The monoisotopic (exact) mass is 484 g/mol.